The molecule has 2 heterocycles. The molecule has 0 unspecified atom stereocenters. The Morgan fingerprint density at radius 3 is 2.60 bits per heavy atom. The molecular weight excluding hydrogens is 276 g/mol. The van der Waals surface area contributed by atoms with E-state index in [9.17, 15) is 4.79 Å². The lowest BCUT2D eigenvalue weighted by Gasteiger charge is -2.06. The number of carbonyl (C=O) groups excluding carboxylic acids is 1. The van der Waals surface area contributed by atoms with Gasteiger partial charge < -0.3 is 4.42 Å². The number of thioether (sulfide) groups is 1. The minimum atomic E-state index is -0.442. The van der Waals surface area contributed by atoms with Gasteiger partial charge in [-0.25, -0.2) is 15.8 Å². The topological polar surface area (TPSA) is 94.0 Å². The van der Waals surface area contributed by atoms with Crippen LogP contribution in [-0.2, 0) is 5.75 Å². The molecule has 0 radical (unpaired) electrons. The summed E-state index contributed by atoms with van der Waals surface area (Å²) in [6, 6.07) is 1.74. The van der Waals surface area contributed by atoms with Gasteiger partial charge >= 0.3 is 5.91 Å². The van der Waals surface area contributed by atoms with Crippen LogP contribution in [0.1, 0.15) is 33.1 Å². The number of carbonyl (C=O) groups is 1. The second kappa shape index (κ2) is 6.06. The van der Waals surface area contributed by atoms with Crippen molar-refractivity contribution < 1.29 is 9.21 Å². The third-order valence-electron chi connectivity index (χ3n) is 3.05. The Morgan fingerprint density at radius 1 is 1.35 bits per heavy atom. The van der Waals surface area contributed by atoms with Crippen molar-refractivity contribution in [1.29, 1.82) is 0 Å². The summed E-state index contributed by atoms with van der Waals surface area (Å²) in [4.78, 5) is 20.3. The van der Waals surface area contributed by atoms with Gasteiger partial charge in [0, 0.05) is 22.7 Å². The highest BCUT2D eigenvalue weighted by Crippen LogP contribution is 2.23. The Hall–Kier alpha value is -1.86. The molecule has 0 aliphatic rings. The van der Waals surface area contributed by atoms with Crippen LogP contribution in [0.5, 0.6) is 0 Å². The van der Waals surface area contributed by atoms with Gasteiger partial charge in [0.25, 0.3) is 0 Å². The molecule has 0 aromatic carbocycles. The number of hydrazine groups is 1. The number of furan rings is 1. The molecule has 2 aromatic rings. The molecule has 20 heavy (non-hydrogen) atoms. The molecule has 0 spiro atoms. The third-order valence-corrected chi connectivity index (χ3v) is 3.95. The van der Waals surface area contributed by atoms with Crippen LogP contribution in [0.15, 0.2) is 21.9 Å². The monoisotopic (exact) mass is 292 g/mol. The maximum Gasteiger partial charge on any atom is 0.301 e. The number of aryl methyl sites for hydroxylation is 2. The summed E-state index contributed by atoms with van der Waals surface area (Å²) in [5, 5.41) is 0.686. The average molecular weight is 292 g/mol. The zero-order chi connectivity index (χ0) is 14.7. The summed E-state index contributed by atoms with van der Waals surface area (Å²) in [5.74, 6) is 5.43. The molecule has 0 aliphatic carbocycles. The molecule has 0 saturated carbocycles. The number of nitrogen functional groups attached to an aromatic ring is 1. The fourth-order valence-electron chi connectivity index (χ4n) is 1.66. The van der Waals surface area contributed by atoms with Crippen LogP contribution >= 0.6 is 11.8 Å². The van der Waals surface area contributed by atoms with Crippen LogP contribution in [0.4, 0.5) is 0 Å². The zero-order valence-electron chi connectivity index (χ0n) is 11.6. The molecule has 0 fully saturated rings. The Kier molecular flexibility index (Phi) is 4.41. The van der Waals surface area contributed by atoms with Crippen LogP contribution in [0.25, 0.3) is 0 Å². The van der Waals surface area contributed by atoms with Crippen LogP contribution in [0.2, 0.25) is 0 Å². The van der Waals surface area contributed by atoms with Crippen LogP contribution in [0.3, 0.4) is 0 Å². The largest absolute Gasteiger partial charge is 0.459 e. The van der Waals surface area contributed by atoms with Crippen molar-refractivity contribution in [1.82, 2.24) is 15.4 Å². The summed E-state index contributed by atoms with van der Waals surface area (Å²) >= 11 is 1.45. The van der Waals surface area contributed by atoms with E-state index in [4.69, 9.17) is 10.3 Å². The summed E-state index contributed by atoms with van der Waals surface area (Å²) in [7, 11) is 0. The standard InChI is InChI=1S/C13H16N4O2S/c1-7-8(2)15-13(16-9(7)3)20-6-10-4-5-19-11(10)12(18)17-14/h4-5H,6,14H2,1-3H3,(H,17,18). The molecule has 0 atom stereocenters. The molecule has 106 valence electrons. The number of hydrogen-bond donors (Lipinski definition) is 2. The second-order valence-electron chi connectivity index (χ2n) is 4.34. The predicted molar refractivity (Wildman–Crippen MR) is 76.2 cm³/mol. The minimum absolute atomic E-state index is 0.223. The van der Waals surface area contributed by atoms with Gasteiger partial charge in [0.2, 0.25) is 0 Å². The lowest BCUT2D eigenvalue weighted by atomic mass is 10.2. The van der Waals surface area contributed by atoms with Gasteiger partial charge in [0.1, 0.15) is 0 Å². The predicted octanol–water partition coefficient (Wildman–Crippen LogP) is 1.89. The van der Waals surface area contributed by atoms with E-state index in [-0.39, 0.29) is 5.76 Å². The van der Waals surface area contributed by atoms with E-state index in [2.05, 4.69) is 15.4 Å². The van der Waals surface area contributed by atoms with Crippen LogP contribution in [-0.4, -0.2) is 15.9 Å². The van der Waals surface area contributed by atoms with Crippen LogP contribution < -0.4 is 11.3 Å². The Balaban J connectivity index is 2.13. The van der Waals surface area contributed by atoms with E-state index in [1.807, 2.05) is 20.8 Å². The number of rotatable bonds is 4. The van der Waals surface area contributed by atoms with Gasteiger partial charge in [-0.3, -0.25) is 10.2 Å². The highest BCUT2D eigenvalue weighted by atomic mass is 32.2. The lowest BCUT2D eigenvalue weighted by molar-refractivity contribution is 0.0925. The van der Waals surface area contributed by atoms with E-state index < -0.39 is 5.91 Å². The van der Waals surface area contributed by atoms with E-state index in [1.165, 1.54) is 18.0 Å². The van der Waals surface area contributed by atoms with E-state index in [1.54, 1.807) is 6.07 Å². The smallest absolute Gasteiger partial charge is 0.301 e. The number of aromatic nitrogens is 2. The molecule has 3 N–H and O–H groups in total. The van der Waals surface area contributed by atoms with E-state index >= 15 is 0 Å². The molecule has 2 aromatic heterocycles. The van der Waals surface area contributed by atoms with Crippen LogP contribution in [0, 0.1) is 20.8 Å². The Morgan fingerprint density at radius 2 is 2.00 bits per heavy atom. The number of nitrogens with one attached hydrogen (secondary N) is 1. The van der Waals surface area contributed by atoms with Crippen molar-refractivity contribution in [2.45, 2.75) is 31.7 Å². The van der Waals surface area contributed by atoms with Crippen molar-refractivity contribution in [2.24, 2.45) is 5.84 Å². The van der Waals surface area contributed by atoms with Crippen molar-refractivity contribution in [3.63, 3.8) is 0 Å². The van der Waals surface area contributed by atoms with Crippen molar-refractivity contribution >= 4 is 17.7 Å². The normalized spacial score (nSPS) is 10.6. The van der Waals surface area contributed by atoms with E-state index in [0.717, 1.165) is 22.5 Å². The molecule has 1 amide bonds. The SMILES string of the molecule is Cc1nc(SCc2ccoc2C(=O)NN)nc(C)c1C. The fourth-order valence-corrected chi connectivity index (χ4v) is 2.58. The first-order chi connectivity index (χ1) is 9.52. The van der Waals surface area contributed by atoms with Gasteiger partial charge in [-0.2, -0.15) is 0 Å². The molecule has 0 saturated heterocycles. The van der Waals surface area contributed by atoms with Crippen molar-refractivity contribution in [2.75, 3.05) is 0 Å². The molecule has 0 bridgehead atoms. The molecule has 0 aliphatic heterocycles. The highest BCUT2D eigenvalue weighted by molar-refractivity contribution is 7.98. The first-order valence-electron chi connectivity index (χ1n) is 6.05. The second-order valence-corrected chi connectivity index (χ2v) is 5.28. The van der Waals surface area contributed by atoms with E-state index in [0.29, 0.717) is 10.9 Å². The number of nitrogens with two attached hydrogens (primary N) is 1. The molecule has 7 heteroatoms. The average Bonchev–Trinajstić information content (AvgIpc) is 2.89. The first-order valence-corrected chi connectivity index (χ1v) is 7.03. The molecule has 2 rings (SSSR count). The number of amides is 1. The zero-order valence-corrected chi connectivity index (χ0v) is 12.4. The summed E-state index contributed by atoms with van der Waals surface area (Å²) in [6.07, 6.45) is 1.47. The Labute approximate surface area is 121 Å². The van der Waals surface area contributed by atoms with Gasteiger partial charge in [-0.05, 0) is 32.4 Å². The molecular formula is C13H16N4O2S. The maximum atomic E-state index is 11.5. The summed E-state index contributed by atoms with van der Waals surface area (Å²) in [6.45, 7) is 5.91. The number of hydrogen-bond acceptors (Lipinski definition) is 6. The van der Waals surface area contributed by atoms with Crippen molar-refractivity contribution in [3.05, 3.63) is 40.6 Å². The first kappa shape index (κ1) is 14.5. The minimum Gasteiger partial charge on any atom is -0.459 e. The summed E-state index contributed by atoms with van der Waals surface area (Å²) < 4.78 is 5.13. The maximum absolute atomic E-state index is 11.5. The van der Waals surface area contributed by atoms with Gasteiger partial charge in [-0.15, -0.1) is 0 Å². The number of nitrogens with zero attached hydrogens (tertiary/aromatic N) is 2. The highest BCUT2D eigenvalue weighted by Gasteiger charge is 2.15. The van der Waals surface area contributed by atoms with Crippen molar-refractivity contribution in [3.8, 4) is 0 Å². The third kappa shape index (κ3) is 3.00. The molecule has 6 nitrogen and oxygen atoms in total. The fraction of sp³-hybridized carbons (Fsp3) is 0.308. The lowest BCUT2D eigenvalue weighted by Crippen LogP contribution is -2.30. The van der Waals surface area contributed by atoms with Gasteiger partial charge in [-0.1, -0.05) is 11.8 Å². The van der Waals surface area contributed by atoms with Gasteiger partial charge in [0.05, 0.1) is 6.26 Å². The van der Waals surface area contributed by atoms with Gasteiger partial charge in [0.15, 0.2) is 10.9 Å². The quantitative estimate of drug-likeness (QED) is 0.294. The Bertz CT molecular complexity index is 616. The summed E-state index contributed by atoms with van der Waals surface area (Å²) in [5.41, 5.74) is 5.85.